The Morgan fingerprint density at radius 1 is 1.29 bits per heavy atom. The summed E-state index contributed by atoms with van der Waals surface area (Å²) in [5, 5.41) is 0. The van der Waals surface area contributed by atoms with Gasteiger partial charge < -0.3 is 10.3 Å². The van der Waals surface area contributed by atoms with Crippen molar-refractivity contribution in [1.82, 2.24) is 4.98 Å². The summed E-state index contributed by atoms with van der Waals surface area (Å²) in [6.07, 6.45) is 3.74. The monoisotopic (exact) mass is 234 g/mol. The van der Waals surface area contributed by atoms with Crippen LogP contribution in [0.2, 0.25) is 0 Å². The zero-order valence-corrected chi connectivity index (χ0v) is 10.7. The van der Waals surface area contributed by atoms with Crippen LogP contribution in [0, 0.1) is 5.41 Å². The van der Waals surface area contributed by atoms with Crippen LogP contribution in [0.25, 0.3) is 0 Å². The van der Waals surface area contributed by atoms with Crippen molar-refractivity contribution in [2.24, 2.45) is 11.3 Å². The Morgan fingerprint density at radius 2 is 2.12 bits per heavy atom. The zero-order valence-electron chi connectivity index (χ0n) is 10.7. The number of nitrogen functional groups attached to an aromatic ring is 1. The van der Waals surface area contributed by atoms with E-state index in [1.54, 1.807) is 0 Å². The summed E-state index contributed by atoms with van der Waals surface area (Å²) < 4.78 is 0. The average Bonchev–Trinajstić information content (AvgIpc) is 2.50. The molecule has 1 aromatic rings. The summed E-state index contributed by atoms with van der Waals surface area (Å²) in [6, 6.07) is 5.93. The van der Waals surface area contributed by atoms with Crippen molar-refractivity contribution < 1.29 is 0 Å². The number of nitrogens with two attached hydrogens (primary N) is 1. The van der Waals surface area contributed by atoms with Crippen LogP contribution in [-0.2, 0) is 0 Å². The van der Waals surface area contributed by atoms with Gasteiger partial charge in [0.1, 0.15) is 11.6 Å². The van der Waals surface area contributed by atoms with Crippen molar-refractivity contribution in [3.63, 3.8) is 0 Å². The van der Waals surface area contributed by atoms with Crippen LogP contribution >= 0.6 is 0 Å². The second-order valence-electron chi connectivity index (χ2n) is 5.53. The molecule has 1 aliphatic heterocycles. The molecule has 4 heteroatoms. The first-order valence-electron chi connectivity index (χ1n) is 6.29. The van der Waals surface area contributed by atoms with Gasteiger partial charge >= 0.3 is 0 Å². The van der Waals surface area contributed by atoms with Crippen molar-refractivity contribution in [2.75, 3.05) is 23.4 Å². The third kappa shape index (κ3) is 3.09. The highest BCUT2D eigenvalue weighted by atomic mass is 15.3. The Morgan fingerprint density at radius 3 is 2.88 bits per heavy atom. The van der Waals surface area contributed by atoms with E-state index in [2.05, 4.69) is 35.2 Å². The molecule has 0 bridgehead atoms. The number of nitrogens with zero attached hydrogens (tertiary/aromatic N) is 2. The predicted octanol–water partition coefficient (Wildman–Crippen LogP) is 2.38. The maximum atomic E-state index is 5.39. The molecule has 1 aromatic heterocycles. The standard InChI is InChI=1S/C13H22N4/c1-13(2)7-4-9-17(10-8-13)12-6-3-5-11(15-12)16-14/h3,5-6H,4,7-10,14H2,1-2H3,(H,15,16). The second-order valence-corrected chi connectivity index (χ2v) is 5.53. The average molecular weight is 234 g/mol. The van der Waals surface area contributed by atoms with Gasteiger partial charge in [-0.15, -0.1) is 0 Å². The number of hydrogen-bond acceptors (Lipinski definition) is 4. The van der Waals surface area contributed by atoms with Gasteiger partial charge in [0, 0.05) is 13.1 Å². The number of nitrogens with one attached hydrogen (secondary N) is 1. The first-order chi connectivity index (χ1) is 8.11. The Hall–Kier alpha value is -1.29. The quantitative estimate of drug-likeness (QED) is 0.609. The summed E-state index contributed by atoms with van der Waals surface area (Å²) in [5.74, 6) is 7.15. The number of pyridine rings is 1. The summed E-state index contributed by atoms with van der Waals surface area (Å²) in [5.41, 5.74) is 3.06. The SMILES string of the molecule is CC1(C)CCCN(c2cccc(NN)n2)CC1. The summed E-state index contributed by atoms with van der Waals surface area (Å²) in [6.45, 7) is 6.86. The van der Waals surface area contributed by atoms with Gasteiger partial charge in [-0.1, -0.05) is 19.9 Å². The van der Waals surface area contributed by atoms with Crippen LogP contribution in [0.5, 0.6) is 0 Å². The van der Waals surface area contributed by atoms with Crippen molar-refractivity contribution in [3.8, 4) is 0 Å². The fourth-order valence-corrected chi connectivity index (χ4v) is 2.33. The Balaban J connectivity index is 2.11. The molecular formula is C13H22N4. The van der Waals surface area contributed by atoms with Gasteiger partial charge in [-0.2, -0.15) is 0 Å². The van der Waals surface area contributed by atoms with Crippen LogP contribution in [-0.4, -0.2) is 18.1 Å². The Kier molecular flexibility index (Phi) is 3.52. The lowest BCUT2D eigenvalue weighted by molar-refractivity contribution is 0.325. The molecule has 0 unspecified atom stereocenters. The number of hydrogen-bond donors (Lipinski definition) is 2. The number of anilines is 2. The van der Waals surface area contributed by atoms with E-state index in [1.165, 1.54) is 19.3 Å². The number of rotatable bonds is 2. The highest BCUT2D eigenvalue weighted by Crippen LogP contribution is 2.31. The molecule has 0 atom stereocenters. The van der Waals surface area contributed by atoms with Gasteiger partial charge in [-0.25, -0.2) is 10.8 Å². The lowest BCUT2D eigenvalue weighted by Gasteiger charge is -2.24. The maximum absolute atomic E-state index is 5.39. The minimum atomic E-state index is 0.457. The maximum Gasteiger partial charge on any atom is 0.142 e. The summed E-state index contributed by atoms with van der Waals surface area (Å²) >= 11 is 0. The number of hydrazine groups is 1. The van der Waals surface area contributed by atoms with Crippen LogP contribution in [0.1, 0.15) is 33.1 Å². The summed E-state index contributed by atoms with van der Waals surface area (Å²) in [4.78, 5) is 6.85. The zero-order chi connectivity index (χ0) is 12.3. The topological polar surface area (TPSA) is 54.2 Å². The van der Waals surface area contributed by atoms with Crippen LogP contribution < -0.4 is 16.2 Å². The molecule has 1 aliphatic rings. The van der Waals surface area contributed by atoms with E-state index >= 15 is 0 Å². The molecule has 0 radical (unpaired) electrons. The van der Waals surface area contributed by atoms with E-state index in [-0.39, 0.29) is 0 Å². The lowest BCUT2D eigenvalue weighted by Crippen LogP contribution is -2.26. The normalized spacial score (nSPS) is 19.8. The molecular weight excluding hydrogens is 212 g/mol. The van der Waals surface area contributed by atoms with Crippen LogP contribution in [0.3, 0.4) is 0 Å². The highest BCUT2D eigenvalue weighted by molar-refractivity contribution is 5.46. The molecule has 0 aliphatic carbocycles. The van der Waals surface area contributed by atoms with Gasteiger partial charge in [0.2, 0.25) is 0 Å². The molecule has 17 heavy (non-hydrogen) atoms. The molecule has 2 heterocycles. The smallest absolute Gasteiger partial charge is 0.142 e. The molecule has 1 fully saturated rings. The molecule has 0 amide bonds. The molecule has 0 saturated carbocycles. The minimum Gasteiger partial charge on any atom is -0.357 e. The third-order valence-corrected chi connectivity index (χ3v) is 3.55. The second kappa shape index (κ2) is 4.92. The Bertz CT molecular complexity index is 375. The fourth-order valence-electron chi connectivity index (χ4n) is 2.33. The molecule has 2 rings (SSSR count). The van der Waals surface area contributed by atoms with Crippen molar-refractivity contribution in [1.29, 1.82) is 0 Å². The van der Waals surface area contributed by atoms with E-state index in [0.29, 0.717) is 5.41 Å². The molecule has 0 spiro atoms. The van der Waals surface area contributed by atoms with Gasteiger partial charge in [-0.05, 0) is 36.8 Å². The molecule has 94 valence electrons. The van der Waals surface area contributed by atoms with Gasteiger partial charge in [-0.3, -0.25) is 0 Å². The summed E-state index contributed by atoms with van der Waals surface area (Å²) in [7, 11) is 0. The van der Waals surface area contributed by atoms with E-state index in [1.807, 2.05) is 12.1 Å². The van der Waals surface area contributed by atoms with E-state index in [0.717, 1.165) is 24.7 Å². The molecule has 1 saturated heterocycles. The third-order valence-electron chi connectivity index (χ3n) is 3.55. The van der Waals surface area contributed by atoms with Gasteiger partial charge in [0.25, 0.3) is 0 Å². The van der Waals surface area contributed by atoms with Crippen LogP contribution in [0.15, 0.2) is 18.2 Å². The van der Waals surface area contributed by atoms with Crippen LogP contribution in [0.4, 0.5) is 11.6 Å². The Labute approximate surface area is 103 Å². The minimum absolute atomic E-state index is 0.457. The van der Waals surface area contributed by atoms with Gasteiger partial charge in [0.05, 0.1) is 0 Å². The van der Waals surface area contributed by atoms with Gasteiger partial charge in [0.15, 0.2) is 0 Å². The largest absolute Gasteiger partial charge is 0.357 e. The first-order valence-corrected chi connectivity index (χ1v) is 6.29. The fraction of sp³-hybridized carbons (Fsp3) is 0.615. The highest BCUT2D eigenvalue weighted by Gasteiger charge is 2.23. The van der Waals surface area contributed by atoms with Crippen molar-refractivity contribution in [3.05, 3.63) is 18.2 Å². The van der Waals surface area contributed by atoms with E-state index in [4.69, 9.17) is 5.84 Å². The molecule has 4 nitrogen and oxygen atoms in total. The van der Waals surface area contributed by atoms with E-state index in [9.17, 15) is 0 Å². The number of aromatic nitrogens is 1. The van der Waals surface area contributed by atoms with Crippen molar-refractivity contribution >= 4 is 11.6 Å². The molecule has 0 aromatic carbocycles. The lowest BCUT2D eigenvalue weighted by atomic mass is 9.85. The first kappa shape index (κ1) is 12.2. The van der Waals surface area contributed by atoms with Crippen molar-refractivity contribution in [2.45, 2.75) is 33.1 Å². The molecule has 3 N–H and O–H groups in total. The predicted molar refractivity (Wildman–Crippen MR) is 71.9 cm³/mol. The van der Waals surface area contributed by atoms with E-state index < -0.39 is 0 Å².